The highest BCUT2D eigenvalue weighted by Gasteiger charge is 2.36. The first-order chi connectivity index (χ1) is 10.7. The number of rotatable bonds is 4. The number of hydrogen-bond acceptors (Lipinski definition) is 4. The molecule has 0 spiro atoms. The van der Waals surface area contributed by atoms with E-state index in [1.54, 1.807) is 33.6 Å². The Morgan fingerprint density at radius 1 is 1.22 bits per heavy atom. The van der Waals surface area contributed by atoms with Crippen LogP contribution in [0, 0.1) is 0 Å². The third kappa shape index (κ3) is 2.85. The molecule has 0 amide bonds. The minimum Gasteiger partial charge on any atom is -0.453 e. The van der Waals surface area contributed by atoms with Crippen LogP contribution in [0.25, 0.3) is 22.1 Å². The lowest BCUT2D eigenvalue weighted by Gasteiger charge is -2.37. The van der Waals surface area contributed by atoms with Gasteiger partial charge in [0.25, 0.3) is 0 Å². The van der Waals surface area contributed by atoms with Crippen LogP contribution in [0.3, 0.4) is 0 Å². The zero-order valence-electron chi connectivity index (χ0n) is 13.6. The van der Waals surface area contributed by atoms with Crippen molar-refractivity contribution in [3.8, 4) is 0 Å². The summed E-state index contributed by atoms with van der Waals surface area (Å²) >= 11 is 6.18. The number of benzene rings is 1. The van der Waals surface area contributed by atoms with Gasteiger partial charge in [0.05, 0.1) is 16.2 Å². The average molecular weight is 331 g/mol. The summed E-state index contributed by atoms with van der Waals surface area (Å²) in [7, 11) is 1.64. The van der Waals surface area contributed by atoms with Crippen LogP contribution in [0.5, 0.6) is 0 Å². The lowest BCUT2D eigenvalue weighted by molar-refractivity contribution is -0.0893. The molecule has 0 fully saturated rings. The predicted molar refractivity (Wildman–Crippen MR) is 93.4 cm³/mol. The molecule has 0 saturated carbocycles. The molecule has 0 atom stereocenters. The van der Waals surface area contributed by atoms with Crippen molar-refractivity contribution in [1.82, 2.24) is 4.98 Å². The molecule has 2 aromatic heterocycles. The fourth-order valence-corrected chi connectivity index (χ4v) is 2.33. The molecule has 23 heavy (non-hydrogen) atoms. The molecule has 0 saturated heterocycles. The number of hydrogen-bond donors (Lipinski definition) is 1. The van der Waals surface area contributed by atoms with Gasteiger partial charge in [-0.05, 0) is 45.3 Å². The molecule has 119 valence electrons. The van der Waals surface area contributed by atoms with Crippen LogP contribution < -0.4 is 5.46 Å². The van der Waals surface area contributed by atoms with Crippen molar-refractivity contribution >= 4 is 46.6 Å². The second-order valence-electron chi connectivity index (χ2n) is 6.60. The first-order valence-corrected chi connectivity index (χ1v) is 7.78. The Hall–Kier alpha value is -1.56. The molecule has 1 radical (unpaired) electrons. The van der Waals surface area contributed by atoms with Crippen LogP contribution in [-0.4, -0.2) is 28.8 Å². The van der Waals surface area contributed by atoms with Crippen LogP contribution in [0.4, 0.5) is 0 Å². The summed E-state index contributed by atoms with van der Waals surface area (Å²) in [6.45, 7) is 7.12. The highest BCUT2D eigenvalue weighted by atomic mass is 35.5. The number of halogens is 1. The highest BCUT2D eigenvalue weighted by molar-refractivity contribution is 6.53. The Morgan fingerprint density at radius 2 is 1.96 bits per heavy atom. The quantitative estimate of drug-likeness (QED) is 0.745. The molecule has 3 aromatic rings. The van der Waals surface area contributed by atoms with Gasteiger partial charge in [0.1, 0.15) is 11.1 Å². The van der Waals surface area contributed by atoms with Crippen molar-refractivity contribution in [3.63, 3.8) is 0 Å². The van der Waals surface area contributed by atoms with Gasteiger partial charge in [-0.3, -0.25) is 4.98 Å². The van der Waals surface area contributed by atoms with E-state index in [0.29, 0.717) is 21.7 Å². The van der Waals surface area contributed by atoms with Gasteiger partial charge in [-0.1, -0.05) is 23.7 Å². The minimum absolute atomic E-state index is 0.523. The maximum Gasteiger partial charge on any atom is 0.331 e. The van der Waals surface area contributed by atoms with Gasteiger partial charge >= 0.3 is 7.48 Å². The standard InChI is InChI=1S/C17H18BClNO3/c1-16(2,21)17(3,4)23-18-10-6-5-7-12-13(10)14-15(22-12)11(19)8-9-20-14/h5-9,21H,1-4H3. The Balaban J connectivity index is 2.05. The summed E-state index contributed by atoms with van der Waals surface area (Å²) < 4.78 is 11.7. The van der Waals surface area contributed by atoms with Gasteiger partial charge in [0.2, 0.25) is 0 Å². The number of pyridine rings is 1. The van der Waals surface area contributed by atoms with Gasteiger partial charge in [0, 0.05) is 11.6 Å². The molecule has 0 aliphatic rings. The van der Waals surface area contributed by atoms with E-state index >= 15 is 0 Å². The SMILES string of the molecule is CC(C)(O)C(C)(C)O[B]c1cccc2oc3c(Cl)ccnc3c12. The van der Waals surface area contributed by atoms with Gasteiger partial charge in [-0.2, -0.15) is 0 Å². The topological polar surface area (TPSA) is 55.5 Å². The van der Waals surface area contributed by atoms with E-state index in [2.05, 4.69) is 4.98 Å². The zero-order valence-corrected chi connectivity index (χ0v) is 14.3. The molecule has 1 N–H and O–H groups in total. The maximum atomic E-state index is 10.2. The van der Waals surface area contributed by atoms with Crippen molar-refractivity contribution in [2.75, 3.05) is 0 Å². The highest BCUT2D eigenvalue weighted by Crippen LogP contribution is 2.31. The molecule has 3 rings (SSSR count). The summed E-state index contributed by atoms with van der Waals surface area (Å²) in [5.41, 5.74) is 1.04. The molecular formula is C17H18BClNO3. The smallest absolute Gasteiger partial charge is 0.331 e. The molecule has 0 aliphatic carbocycles. The fraction of sp³-hybridized carbons (Fsp3) is 0.353. The summed E-state index contributed by atoms with van der Waals surface area (Å²) in [5.74, 6) is 0. The number of aliphatic hydroxyl groups is 1. The molecule has 0 bridgehead atoms. The van der Waals surface area contributed by atoms with E-state index in [4.69, 9.17) is 20.7 Å². The van der Waals surface area contributed by atoms with Crippen molar-refractivity contribution < 1.29 is 14.2 Å². The number of aromatic nitrogens is 1. The third-order valence-corrected chi connectivity index (χ3v) is 4.62. The number of fused-ring (bicyclic) bond motifs is 3. The Labute approximate surface area is 140 Å². The molecule has 1 aromatic carbocycles. The first-order valence-electron chi connectivity index (χ1n) is 7.40. The molecule has 2 heterocycles. The monoisotopic (exact) mass is 330 g/mol. The molecular weight excluding hydrogens is 312 g/mol. The van der Waals surface area contributed by atoms with E-state index < -0.39 is 11.2 Å². The van der Waals surface area contributed by atoms with Crippen LogP contribution in [-0.2, 0) is 4.65 Å². The second kappa shape index (κ2) is 5.51. The summed E-state index contributed by atoms with van der Waals surface area (Å²) in [6, 6.07) is 7.36. The van der Waals surface area contributed by atoms with Crippen LogP contribution in [0.2, 0.25) is 5.02 Å². The van der Waals surface area contributed by atoms with Crippen molar-refractivity contribution in [1.29, 1.82) is 0 Å². The van der Waals surface area contributed by atoms with Gasteiger partial charge < -0.3 is 14.2 Å². The Morgan fingerprint density at radius 3 is 2.65 bits per heavy atom. The summed E-state index contributed by atoms with van der Waals surface area (Å²) in [5, 5.41) is 11.6. The average Bonchev–Trinajstić information content (AvgIpc) is 2.85. The molecule has 4 nitrogen and oxygen atoms in total. The fourth-order valence-electron chi connectivity index (χ4n) is 2.15. The normalized spacial score (nSPS) is 13.0. The first kappa shape index (κ1) is 16.3. The van der Waals surface area contributed by atoms with E-state index in [9.17, 15) is 5.11 Å². The summed E-state index contributed by atoms with van der Waals surface area (Å²) in [4.78, 5) is 4.38. The van der Waals surface area contributed by atoms with Gasteiger partial charge in [-0.15, -0.1) is 0 Å². The van der Waals surface area contributed by atoms with Crippen LogP contribution in [0.1, 0.15) is 27.7 Å². The van der Waals surface area contributed by atoms with Gasteiger partial charge in [-0.25, -0.2) is 0 Å². The van der Waals surface area contributed by atoms with E-state index in [1.165, 1.54) is 0 Å². The van der Waals surface area contributed by atoms with Crippen LogP contribution in [0.15, 0.2) is 34.9 Å². The van der Waals surface area contributed by atoms with E-state index in [-0.39, 0.29) is 0 Å². The Bertz CT molecular complexity index is 867. The van der Waals surface area contributed by atoms with Crippen molar-refractivity contribution in [2.45, 2.75) is 38.9 Å². The van der Waals surface area contributed by atoms with Crippen molar-refractivity contribution in [3.05, 3.63) is 35.5 Å². The zero-order chi connectivity index (χ0) is 16.8. The lowest BCUT2D eigenvalue weighted by atomic mass is 9.81. The Kier molecular flexibility index (Phi) is 3.91. The lowest BCUT2D eigenvalue weighted by Crippen LogP contribution is -2.49. The van der Waals surface area contributed by atoms with E-state index in [1.807, 2.05) is 32.0 Å². The van der Waals surface area contributed by atoms with Crippen LogP contribution >= 0.6 is 11.6 Å². The second-order valence-corrected chi connectivity index (χ2v) is 7.01. The third-order valence-electron chi connectivity index (χ3n) is 4.32. The number of nitrogens with zero attached hydrogens (tertiary/aromatic N) is 1. The van der Waals surface area contributed by atoms with Crippen molar-refractivity contribution in [2.24, 2.45) is 0 Å². The van der Waals surface area contributed by atoms with Gasteiger partial charge in [0.15, 0.2) is 5.58 Å². The minimum atomic E-state index is -0.989. The molecule has 6 heteroatoms. The summed E-state index contributed by atoms with van der Waals surface area (Å²) in [6.07, 6.45) is 1.65. The predicted octanol–water partition coefficient (Wildman–Crippen LogP) is 3.45. The number of furan rings is 1. The maximum absolute atomic E-state index is 10.2. The molecule has 0 unspecified atom stereocenters. The molecule has 0 aliphatic heterocycles. The van der Waals surface area contributed by atoms with E-state index in [0.717, 1.165) is 10.8 Å². The largest absolute Gasteiger partial charge is 0.453 e.